The van der Waals surface area contributed by atoms with Gasteiger partial charge in [-0.1, -0.05) is 0 Å². The first kappa shape index (κ1) is 11.0. The molecule has 0 aliphatic carbocycles. The van der Waals surface area contributed by atoms with Crippen LogP contribution in [0.1, 0.15) is 20.3 Å². The zero-order chi connectivity index (χ0) is 9.68. The van der Waals surface area contributed by atoms with Crippen molar-refractivity contribution >= 4 is 0 Å². The Balaban J connectivity index is 2.03. The van der Waals surface area contributed by atoms with E-state index < -0.39 is 0 Å². The monoisotopic (exact) mass is 186 g/mol. The Morgan fingerprint density at radius 3 is 2.85 bits per heavy atom. The van der Waals surface area contributed by atoms with E-state index in [2.05, 4.69) is 24.2 Å². The molecule has 1 N–H and O–H groups in total. The highest BCUT2D eigenvalue weighted by atomic mass is 16.5. The summed E-state index contributed by atoms with van der Waals surface area (Å²) in [7, 11) is 2.19. The normalized spacial score (nSPS) is 29.8. The highest BCUT2D eigenvalue weighted by Crippen LogP contribution is 2.14. The number of nitrogens with one attached hydrogen (secondary N) is 1. The van der Waals surface area contributed by atoms with Crippen LogP contribution in [-0.2, 0) is 4.74 Å². The molecule has 0 saturated carbocycles. The Morgan fingerprint density at radius 1 is 1.54 bits per heavy atom. The fraction of sp³-hybridized carbons (Fsp3) is 1.00. The molecule has 1 heterocycles. The average molecular weight is 186 g/mol. The van der Waals surface area contributed by atoms with E-state index >= 15 is 0 Å². The van der Waals surface area contributed by atoms with Crippen molar-refractivity contribution in [1.29, 1.82) is 0 Å². The Bertz CT molecular complexity index is 131. The lowest BCUT2D eigenvalue weighted by molar-refractivity contribution is 0.147. The van der Waals surface area contributed by atoms with Crippen molar-refractivity contribution in [2.24, 2.45) is 0 Å². The quantitative estimate of drug-likeness (QED) is 0.640. The van der Waals surface area contributed by atoms with Gasteiger partial charge in [0.2, 0.25) is 0 Å². The predicted molar refractivity (Wildman–Crippen MR) is 55.0 cm³/mol. The van der Waals surface area contributed by atoms with Gasteiger partial charge >= 0.3 is 0 Å². The predicted octanol–water partition coefficient (Wildman–Crippen LogP) is 0.705. The summed E-state index contributed by atoms with van der Waals surface area (Å²) in [6.45, 7) is 8.13. The number of likely N-dealkylation sites (tertiary alicyclic amines) is 1. The molecule has 1 fully saturated rings. The molecule has 2 unspecified atom stereocenters. The van der Waals surface area contributed by atoms with Gasteiger partial charge in [-0.25, -0.2) is 0 Å². The second-order valence-corrected chi connectivity index (χ2v) is 3.87. The van der Waals surface area contributed by atoms with E-state index in [4.69, 9.17) is 4.74 Å². The molecule has 3 nitrogen and oxygen atoms in total. The van der Waals surface area contributed by atoms with Crippen LogP contribution >= 0.6 is 0 Å². The molecule has 0 spiro atoms. The maximum atomic E-state index is 5.27. The van der Waals surface area contributed by atoms with Gasteiger partial charge in [-0.15, -0.1) is 0 Å². The number of hydrogen-bond acceptors (Lipinski definition) is 3. The zero-order valence-corrected chi connectivity index (χ0v) is 9.05. The third-order valence-electron chi connectivity index (χ3n) is 2.77. The topological polar surface area (TPSA) is 24.5 Å². The third-order valence-corrected chi connectivity index (χ3v) is 2.77. The van der Waals surface area contributed by atoms with E-state index in [1.807, 2.05) is 6.92 Å². The maximum Gasteiger partial charge on any atom is 0.0590 e. The van der Waals surface area contributed by atoms with E-state index in [1.54, 1.807) is 0 Å². The number of rotatable bonds is 5. The summed E-state index contributed by atoms with van der Waals surface area (Å²) < 4.78 is 5.27. The van der Waals surface area contributed by atoms with Crippen molar-refractivity contribution in [2.45, 2.75) is 32.4 Å². The Hall–Kier alpha value is -0.120. The van der Waals surface area contributed by atoms with Gasteiger partial charge in [-0.05, 0) is 27.3 Å². The Labute approximate surface area is 81.4 Å². The maximum absolute atomic E-state index is 5.27. The van der Waals surface area contributed by atoms with Gasteiger partial charge in [0.15, 0.2) is 0 Å². The van der Waals surface area contributed by atoms with E-state index in [-0.39, 0.29) is 0 Å². The summed E-state index contributed by atoms with van der Waals surface area (Å²) in [5.74, 6) is 0. The molecule has 0 aromatic heterocycles. The van der Waals surface area contributed by atoms with Crippen LogP contribution in [0.5, 0.6) is 0 Å². The van der Waals surface area contributed by atoms with Gasteiger partial charge in [0.05, 0.1) is 6.61 Å². The molecule has 0 bridgehead atoms. The van der Waals surface area contributed by atoms with Gasteiger partial charge in [0.1, 0.15) is 0 Å². The van der Waals surface area contributed by atoms with Crippen LogP contribution < -0.4 is 5.32 Å². The molecule has 13 heavy (non-hydrogen) atoms. The second kappa shape index (κ2) is 5.58. The van der Waals surface area contributed by atoms with Crippen LogP contribution in [0.3, 0.4) is 0 Å². The molecule has 0 radical (unpaired) electrons. The standard InChI is InChI=1S/C10H22N2O/c1-4-13-6-5-11-10-7-9(2)12(3)8-10/h9-11H,4-8H2,1-3H3. The second-order valence-electron chi connectivity index (χ2n) is 3.87. The molecule has 3 heteroatoms. The lowest BCUT2D eigenvalue weighted by atomic mass is 10.2. The summed E-state index contributed by atoms with van der Waals surface area (Å²) >= 11 is 0. The summed E-state index contributed by atoms with van der Waals surface area (Å²) in [4.78, 5) is 2.40. The highest BCUT2D eigenvalue weighted by molar-refractivity contribution is 4.84. The van der Waals surface area contributed by atoms with Crippen LogP contribution in [0.2, 0.25) is 0 Å². The molecular weight excluding hydrogens is 164 g/mol. The summed E-state index contributed by atoms with van der Waals surface area (Å²) in [5.41, 5.74) is 0. The first-order valence-corrected chi connectivity index (χ1v) is 5.25. The zero-order valence-electron chi connectivity index (χ0n) is 9.05. The first-order valence-electron chi connectivity index (χ1n) is 5.25. The van der Waals surface area contributed by atoms with Crippen LogP contribution in [0.25, 0.3) is 0 Å². The van der Waals surface area contributed by atoms with Crippen molar-refractivity contribution in [2.75, 3.05) is 33.4 Å². The number of likely N-dealkylation sites (N-methyl/N-ethyl adjacent to an activating group) is 1. The summed E-state index contributed by atoms with van der Waals surface area (Å²) in [5, 5.41) is 3.51. The van der Waals surface area contributed by atoms with Gasteiger partial charge in [-0.3, -0.25) is 0 Å². The average Bonchev–Trinajstić information content (AvgIpc) is 2.41. The fourth-order valence-electron chi connectivity index (χ4n) is 1.82. The largest absolute Gasteiger partial charge is 0.380 e. The molecule has 1 aliphatic rings. The highest BCUT2D eigenvalue weighted by Gasteiger charge is 2.24. The Kier molecular flexibility index (Phi) is 4.70. The minimum atomic E-state index is 0.667. The van der Waals surface area contributed by atoms with Crippen molar-refractivity contribution in [3.63, 3.8) is 0 Å². The molecule has 1 rings (SSSR count). The lowest BCUT2D eigenvalue weighted by Crippen LogP contribution is -2.33. The molecule has 1 aliphatic heterocycles. The van der Waals surface area contributed by atoms with Gasteiger partial charge in [-0.2, -0.15) is 0 Å². The van der Waals surface area contributed by atoms with Crippen LogP contribution in [0, 0.1) is 0 Å². The van der Waals surface area contributed by atoms with Crippen molar-refractivity contribution in [3.8, 4) is 0 Å². The SMILES string of the molecule is CCOCCNC1CC(C)N(C)C1. The summed E-state index contributed by atoms with van der Waals surface area (Å²) in [6, 6.07) is 1.39. The summed E-state index contributed by atoms with van der Waals surface area (Å²) in [6.07, 6.45) is 1.27. The minimum absolute atomic E-state index is 0.667. The van der Waals surface area contributed by atoms with E-state index in [0.717, 1.165) is 25.8 Å². The van der Waals surface area contributed by atoms with Crippen LogP contribution in [-0.4, -0.2) is 50.3 Å². The number of ether oxygens (including phenoxy) is 1. The van der Waals surface area contributed by atoms with Gasteiger partial charge in [0.25, 0.3) is 0 Å². The first-order chi connectivity index (χ1) is 6.24. The molecular formula is C10H22N2O. The van der Waals surface area contributed by atoms with Gasteiger partial charge in [0, 0.05) is 31.8 Å². The molecule has 0 aromatic carbocycles. The van der Waals surface area contributed by atoms with E-state index in [0.29, 0.717) is 6.04 Å². The van der Waals surface area contributed by atoms with Gasteiger partial charge < -0.3 is 15.0 Å². The molecule has 78 valence electrons. The van der Waals surface area contributed by atoms with Crippen LogP contribution in [0.15, 0.2) is 0 Å². The van der Waals surface area contributed by atoms with Crippen molar-refractivity contribution in [3.05, 3.63) is 0 Å². The number of hydrogen-bond donors (Lipinski definition) is 1. The smallest absolute Gasteiger partial charge is 0.0590 e. The fourth-order valence-corrected chi connectivity index (χ4v) is 1.82. The minimum Gasteiger partial charge on any atom is -0.380 e. The van der Waals surface area contributed by atoms with E-state index in [1.165, 1.54) is 13.0 Å². The lowest BCUT2D eigenvalue weighted by Gasteiger charge is -2.13. The van der Waals surface area contributed by atoms with Crippen molar-refractivity contribution in [1.82, 2.24) is 10.2 Å². The third kappa shape index (κ3) is 3.63. The molecule has 2 atom stereocenters. The Morgan fingerprint density at radius 2 is 2.31 bits per heavy atom. The van der Waals surface area contributed by atoms with Crippen molar-refractivity contribution < 1.29 is 4.74 Å². The molecule has 0 aromatic rings. The molecule has 1 saturated heterocycles. The molecule has 0 amide bonds. The number of nitrogens with zero attached hydrogens (tertiary/aromatic N) is 1. The van der Waals surface area contributed by atoms with Crippen LogP contribution in [0.4, 0.5) is 0 Å². The van der Waals surface area contributed by atoms with E-state index in [9.17, 15) is 0 Å².